The molecular formula is C25H32ClN3O. The number of piperazine rings is 1. The van der Waals surface area contributed by atoms with Crippen LogP contribution in [0.2, 0.25) is 5.02 Å². The van der Waals surface area contributed by atoms with E-state index in [4.69, 9.17) is 11.6 Å². The van der Waals surface area contributed by atoms with E-state index in [1.165, 1.54) is 5.69 Å². The minimum atomic E-state index is -0.0351. The second-order valence-electron chi connectivity index (χ2n) is 8.80. The number of hydrogen-bond donors (Lipinski definition) is 2. The maximum Gasteiger partial charge on any atom is 0.120 e. The largest absolute Gasteiger partial charge is 0.508 e. The van der Waals surface area contributed by atoms with Gasteiger partial charge in [-0.15, -0.1) is 0 Å². The molecule has 1 fully saturated rings. The van der Waals surface area contributed by atoms with Gasteiger partial charge in [-0.25, -0.2) is 0 Å². The topological polar surface area (TPSA) is 38.7 Å². The van der Waals surface area contributed by atoms with Crippen LogP contribution < -0.4 is 10.2 Å². The third kappa shape index (κ3) is 5.92. The van der Waals surface area contributed by atoms with Crippen molar-refractivity contribution in [2.24, 2.45) is 0 Å². The fraction of sp³-hybridized carbons (Fsp3) is 0.440. The second-order valence-corrected chi connectivity index (χ2v) is 9.24. The summed E-state index contributed by atoms with van der Waals surface area (Å²) in [7, 11) is 0. The van der Waals surface area contributed by atoms with Crippen LogP contribution in [0.4, 0.5) is 5.69 Å². The van der Waals surface area contributed by atoms with Crippen LogP contribution in [-0.4, -0.2) is 48.3 Å². The van der Waals surface area contributed by atoms with Crippen molar-refractivity contribution < 1.29 is 5.11 Å². The Hall–Kier alpha value is -2.19. The molecule has 0 radical (unpaired) electrons. The Kier molecular flexibility index (Phi) is 7.31. The number of rotatable bonds is 4. The van der Waals surface area contributed by atoms with Gasteiger partial charge in [0.25, 0.3) is 0 Å². The molecule has 1 atom stereocenters. The second kappa shape index (κ2) is 9.75. The summed E-state index contributed by atoms with van der Waals surface area (Å²) in [5, 5.41) is 13.9. The summed E-state index contributed by atoms with van der Waals surface area (Å²) >= 11 is 6.03. The van der Waals surface area contributed by atoms with Crippen LogP contribution in [0.1, 0.15) is 44.9 Å². The number of anilines is 1. The lowest BCUT2D eigenvalue weighted by Gasteiger charge is -2.43. The van der Waals surface area contributed by atoms with Crippen LogP contribution in [0.15, 0.2) is 42.5 Å². The number of nitrogens with zero attached hydrogens (tertiary/aromatic N) is 2. The summed E-state index contributed by atoms with van der Waals surface area (Å²) in [6.07, 6.45) is 0. The van der Waals surface area contributed by atoms with Gasteiger partial charge in [0.05, 0.1) is 6.54 Å². The first-order valence-electron chi connectivity index (χ1n) is 10.5. The molecule has 0 amide bonds. The fourth-order valence-corrected chi connectivity index (χ4v) is 3.90. The van der Waals surface area contributed by atoms with E-state index >= 15 is 0 Å². The molecule has 1 heterocycles. The Balaban J connectivity index is 1.51. The molecule has 2 aromatic rings. The van der Waals surface area contributed by atoms with E-state index < -0.39 is 0 Å². The summed E-state index contributed by atoms with van der Waals surface area (Å²) in [4.78, 5) is 4.99. The molecular weight excluding hydrogens is 394 g/mol. The highest BCUT2D eigenvalue weighted by molar-refractivity contribution is 6.30. The maximum absolute atomic E-state index is 9.99. The Morgan fingerprint density at radius 1 is 1.07 bits per heavy atom. The van der Waals surface area contributed by atoms with E-state index in [9.17, 15) is 5.11 Å². The van der Waals surface area contributed by atoms with Gasteiger partial charge < -0.3 is 10.0 Å². The fourth-order valence-electron chi connectivity index (χ4n) is 3.72. The average Bonchev–Trinajstić information content (AvgIpc) is 2.73. The van der Waals surface area contributed by atoms with E-state index in [0.717, 1.165) is 37.3 Å². The van der Waals surface area contributed by atoms with E-state index in [2.05, 4.69) is 72.0 Å². The van der Waals surface area contributed by atoms with Crippen LogP contribution in [0.3, 0.4) is 0 Å². The Labute approximate surface area is 185 Å². The summed E-state index contributed by atoms with van der Waals surface area (Å²) < 4.78 is 0. The standard InChI is InChI=1S/C25H32ClN3O/c1-19(23-18-21(26)9-12-24(23)30)27-13-5-6-20-7-10-22(11-8-20)28-14-16-29(17-15-28)25(2,3)4/h7-12,18-19,27,30H,13-17H2,1-4H3. The first kappa shape index (κ1) is 22.5. The van der Waals surface area contributed by atoms with Gasteiger partial charge in [0.2, 0.25) is 0 Å². The van der Waals surface area contributed by atoms with Gasteiger partial charge in [-0.05, 0) is 70.2 Å². The molecule has 1 aliphatic rings. The van der Waals surface area contributed by atoms with Gasteiger partial charge >= 0.3 is 0 Å². The van der Waals surface area contributed by atoms with Gasteiger partial charge in [0.15, 0.2) is 0 Å². The normalized spacial score (nSPS) is 16.1. The zero-order valence-electron chi connectivity index (χ0n) is 18.4. The first-order chi connectivity index (χ1) is 14.2. The third-order valence-corrected chi connectivity index (χ3v) is 5.88. The predicted molar refractivity (Wildman–Crippen MR) is 126 cm³/mol. The lowest BCUT2D eigenvalue weighted by molar-refractivity contribution is 0.128. The van der Waals surface area contributed by atoms with Crippen LogP contribution in [0, 0.1) is 11.8 Å². The SMILES string of the molecule is CC(NCC#Cc1ccc(N2CCN(C(C)(C)C)CC2)cc1)c1cc(Cl)ccc1O. The van der Waals surface area contributed by atoms with Crippen molar-refractivity contribution in [3.05, 3.63) is 58.6 Å². The van der Waals surface area contributed by atoms with Crippen molar-refractivity contribution in [3.63, 3.8) is 0 Å². The van der Waals surface area contributed by atoms with Crippen molar-refractivity contribution in [2.45, 2.75) is 39.3 Å². The summed E-state index contributed by atoms with van der Waals surface area (Å²) in [6.45, 7) is 13.7. The van der Waals surface area contributed by atoms with Crippen molar-refractivity contribution in [1.82, 2.24) is 10.2 Å². The highest BCUT2D eigenvalue weighted by atomic mass is 35.5. The Morgan fingerprint density at radius 2 is 1.73 bits per heavy atom. The lowest BCUT2D eigenvalue weighted by Crippen LogP contribution is -2.53. The zero-order chi connectivity index (χ0) is 21.7. The molecule has 0 spiro atoms. The van der Waals surface area contributed by atoms with E-state index in [1.807, 2.05) is 6.92 Å². The molecule has 160 valence electrons. The molecule has 2 N–H and O–H groups in total. The Morgan fingerprint density at radius 3 is 2.37 bits per heavy atom. The third-order valence-electron chi connectivity index (χ3n) is 5.65. The monoisotopic (exact) mass is 425 g/mol. The van der Waals surface area contributed by atoms with Crippen molar-refractivity contribution in [1.29, 1.82) is 0 Å². The molecule has 0 aliphatic carbocycles. The van der Waals surface area contributed by atoms with Crippen molar-refractivity contribution in [3.8, 4) is 17.6 Å². The number of halogens is 1. The first-order valence-corrected chi connectivity index (χ1v) is 10.9. The van der Waals surface area contributed by atoms with Crippen molar-refractivity contribution >= 4 is 17.3 Å². The molecule has 4 nitrogen and oxygen atoms in total. The lowest BCUT2D eigenvalue weighted by atomic mass is 10.0. The molecule has 30 heavy (non-hydrogen) atoms. The molecule has 0 bridgehead atoms. The van der Waals surface area contributed by atoms with Crippen LogP contribution in [0.25, 0.3) is 0 Å². The highest BCUT2D eigenvalue weighted by Gasteiger charge is 2.25. The molecule has 0 saturated carbocycles. The number of phenols is 1. The number of aromatic hydroxyl groups is 1. The molecule has 1 aliphatic heterocycles. The van der Waals surface area contributed by atoms with Crippen LogP contribution in [-0.2, 0) is 0 Å². The summed E-state index contributed by atoms with van der Waals surface area (Å²) in [5.41, 5.74) is 3.28. The van der Waals surface area contributed by atoms with Crippen LogP contribution in [0.5, 0.6) is 5.75 Å². The maximum atomic E-state index is 9.99. The van der Waals surface area contributed by atoms with Gasteiger partial charge in [0, 0.05) is 59.6 Å². The van der Waals surface area contributed by atoms with E-state index in [0.29, 0.717) is 11.6 Å². The van der Waals surface area contributed by atoms with Crippen molar-refractivity contribution in [2.75, 3.05) is 37.6 Å². The van der Waals surface area contributed by atoms with Gasteiger partial charge in [-0.1, -0.05) is 23.4 Å². The smallest absolute Gasteiger partial charge is 0.120 e. The average molecular weight is 426 g/mol. The molecule has 5 heteroatoms. The van der Waals surface area contributed by atoms with E-state index in [1.54, 1.807) is 18.2 Å². The molecule has 2 aromatic carbocycles. The van der Waals surface area contributed by atoms with Gasteiger partial charge in [-0.3, -0.25) is 10.2 Å². The minimum Gasteiger partial charge on any atom is -0.508 e. The molecule has 0 aromatic heterocycles. The highest BCUT2D eigenvalue weighted by Crippen LogP contribution is 2.27. The van der Waals surface area contributed by atoms with Gasteiger partial charge in [-0.2, -0.15) is 0 Å². The number of benzene rings is 2. The zero-order valence-corrected chi connectivity index (χ0v) is 19.1. The molecule has 1 unspecified atom stereocenters. The molecule has 1 saturated heterocycles. The number of phenolic OH excluding ortho intramolecular Hbond substituents is 1. The Bertz CT molecular complexity index is 901. The minimum absolute atomic E-state index is 0.0351. The van der Waals surface area contributed by atoms with E-state index in [-0.39, 0.29) is 17.3 Å². The summed E-state index contributed by atoms with van der Waals surface area (Å²) in [6, 6.07) is 13.5. The van der Waals surface area contributed by atoms with Gasteiger partial charge in [0.1, 0.15) is 5.75 Å². The van der Waals surface area contributed by atoms with Crippen LogP contribution >= 0.6 is 11.6 Å². The number of nitrogens with one attached hydrogen (secondary N) is 1. The number of hydrogen-bond acceptors (Lipinski definition) is 4. The molecule has 3 rings (SSSR count). The predicted octanol–water partition coefficient (Wildman–Crippen LogP) is 4.67. The quantitative estimate of drug-likeness (QED) is 0.698. The summed E-state index contributed by atoms with van der Waals surface area (Å²) in [5.74, 6) is 6.61.